The molecule has 0 aliphatic rings. The number of aromatic nitrogens is 3. The van der Waals surface area contributed by atoms with Crippen LogP contribution in [0.1, 0.15) is 40.8 Å². The largest absolute Gasteiger partial charge is 0.494 e. The van der Waals surface area contributed by atoms with Crippen molar-refractivity contribution in [3.8, 4) is 17.2 Å². The van der Waals surface area contributed by atoms with Gasteiger partial charge in [-0.3, -0.25) is 4.79 Å². The number of carbonyl (C=O) groups is 1. The lowest BCUT2D eigenvalue weighted by molar-refractivity contribution is -0.140. The second-order valence-corrected chi connectivity index (χ2v) is 8.18. The highest BCUT2D eigenvalue weighted by Crippen LogP contribution is 2.37. The Bertz CT molecular complexity index is 1590. The molecule has 5 aromatic rings. The number of methoxy groups -OCH3 is 1. The number of ether oxygens (including phenoxy) is 1. The number of alkyl halides is 3. The number of nitrogens with one attached hydrogen (secondary N) is 1. The fraction of sp³-hybridized carbons (Fsp3) is 0.200. The van der Waals surface area contributed by atoms with Gasteiger partial charge in [0.1, 0.15) is 22.5 Å². The smallest absolute Gasteiger partial charge is 0.433 e. The van der Waals surface area contributed by atoms with Crippen LogP contribution < -0.4 is 15.8 Å². The molecule has 5 rings (SSSR count). The van der Waals surface area contributed by atoms with Crippen LogP contribution in [0.15, 0.2) is 57.4 Å². The summed E-state index contributed by atoms with van der Waals surface area (Å²) in [6, 6.07) is 11.6. The molecule has 12 heteroatoms. The van der Waals surface area contributed by atoms with Crippen molar-refractivity contribution in [1.29, 1.82) is 0 Å². The van der Waals surface area contributed by atoms with Crippen LogP contribution in [0.2, 0.25) is 0 Å². The van der Waals surface area contributed by atoms with E-state index in [4.69, 9.17) is 19.3 Å². The van der Waals surface area contributed by atoms with E-state index in [1.165, 1.54) is 19.2 Å². The molecule has 0 bridgehead atoms. The van der Waals surface area contributed by atoms with Crippen molar-refractivity contribution in [1.82, 2.24) is 20.3 Å². The molecule has 0 saturated heterocycles. The predicted octanol–water partition coefficient (Wildman–Crippen LogP) is 5.01. The van der Waals surface area contributed by atoms with E-state index < -0.39 is 23.8 Å². The molecular formula is C25H20F3N5O4. The van der Waals surface area contributed by atoms with E-state index in [1.807, 2.05) is 12.1 Å². The van der Waals surface area contributed by atoms with Crippen LogP contribution in [0.3, 0.4) is 0 Å². The number of halogens is 3. The molecule has 0 fully saturated rings. The predicted molar refractivity (Wildman–Crippen MR) is 127 cm³/mol. The molecule has 1 atom stereocenters. The SMILES string of the molecule is COc1ccc(-c2nc(C(=O)NCc3nc4ccccc4o3)c([C@H](C)N)o2)c2ccc(C(F)(F)F)nc12. The first kappa shape index (κ1) is 24.3. The lowest BCUT2D eigenvalue weighted by Crippen LogP contribution is -2.25. The minimum absolute atomic E-state index is 0.00600. The third-order valence-corrected chi connectivity index (χ3v) is 5.58. The summed E-state index contributed by atoms with van der Waals surface area (Å²) in [5.74, 6) is -0.0456. The Morgan fingerprint density at radius 1 is 1.08 bits per heavy atom. The summed E-state index contributed by atoms with van der Waals surface area (Å²) in [5.41, 5.74) is 6.41. The monoisotopic (exact) mass is 511 g/mol. The minimum atomic E-state index is -4.64. The molecule has 0 aliphatic carbocycles. The molecule has 190 valence electrons. The average molecular weight is 511 g/mol. The molecule has 37 heavy (non-hydrogen) atoms. The molecule has 0 aliphatic heterocycles. The van der Waals surface area contributed by atoms with Crippen molar-refractivity contribution in [2.75, 3.05) is 7.11 Å². The summed E-state index contributed by atoms with van der Waals surface area (Å²) in [6.07, 6.45) is -4.64. The Balaban J connectivity index is 1.50. The van der Waals surface area contributed by atoms with Gasteiger partial charge in [0.2, 0.25) is 11.8 Å². The first-order valence-corrected chi connectivity index (χ1v) is 11.1. The van der Waals surface area contributed by atoms with Crippen LogP contribution in [0, 0.1) is 0 Å². The van der Waals surface area contributed by atoms with Gasteiger partial charge in [-0.1, -0.05) is 12.1 Å². The fourth-order valence-electron chi connectivity index (χ4n) is 3.85. The number of pyridine rings is 1. The van der Waals surface area contributed by atoms with E-state index in [1.54, 1.807) is 25.1 Å². The van der Waals surface area contributed by atoms with Gasteiger partial charge in [0, 0.05) is 10.9 Å². The van der Waals surface area contributed by atoms with Gasteiger partial charge in [-0.25, -0.2) is 15.0 Å². The van der Waals surface area contributed by atoms with Gasteiger partial charge in [0.05, 0.1) is 19.7 Å². The highest BCUT2D eigenvalue weighted by molar-refractivity contribution is 5.98. The molecule has 0 saturated carbocycles. The van der Waals surface area contributed by atoms with Gasteiger partial charge in [-0.2, -0.15) is 13.2 Å². The fourth-order valence-corrected chi connectivity index (χ4v) is 3.85. The number of hydrogen-bond donors (Lipinski definition) is 2. The number of amides is 1. The van der Waals surface area contributed by atoms with E-state index in [9.17, 15) is 18.0 Å². The molecule has 1 amide bonds. The molecule has 3 aromatic heterocycles. The van der Waals surface area contributed by atoms with E-state index in [-0.39, 0.29) is 35.2 Å². The Morgan fingerprint density at radius 2 is 1.86 bits per heavy atom. The van der Waals surface area contributed by atoms with Gasteiger partial charge in [0.15, 0.2) is 17.0 Å². The Morgan fingerprint density at radius 3 is 2.57 bits per heavy atom. The highest BCUT2D eigenvalue weighted by Gasteiger charge is 2.33. The zero-order valence-electron chi connectivity index (χ0n) is 19.6. The minimum Gasteiger partial charge on any atom is -0.494 e. The maximum Gasteiger partial charge on any atom is 0.433 e. The number of rotatable bonds is 6. The molecular weight excluding hydrogens is 491 g/mol. The first-order chi connectivity index (χ1) is 17.7. The first-order valence-electron chi connectivity index (χ1n) is 11.1. The summed E-state index contributed by atoms with van der Waals surface area (Å²) in [6.45, 7) is 1.61. The molecule has 3 heterocycles. The van der Waals surface area contributed by atoms with E-state index in [2.05, 4.69) is 20.3 Å². The van der Waals surface area contributed by atoms with Gasteiger partial charge >= 0.3 is 6.18 Å². The van der Waals surface area contributed by atoms with Crippen LogP contribution in [0.25, 0.3) is 33.5 Å². The van der Waals surface area contributed by atoms with Crippen molar-refractivity contribution in [2.24, 2.45) is 5.73 Å². The zero-order valence-corrected chi connectivity index (χ0v) is 19.6. The number of benzene rings is 2. The van der Waals surface area contributed by atoms with E-state index >= 15 is 0 Å². The Hall–Kier alpha value is -4.45. The third-order valence-electron chi connectivity index (χ3n) is 5.58. The lowest BCUT2D eigenvalue weighted by Gasteiger charge is -2.11. The standard InChI is InChI=1S/C25H20F3N5O4/c1-12(29)22-21(23(34)30-11-19-31-15-5-3-4-6-16(15)36-19)33-24(37-22)14-7-9-17(35-2)20-13(14)8-10-18(32-20)25(26,27)28/h3-10,12H,11,29H2,1-2H3,(H,30,34)/t12-/m0/s1. The Labute approximate surface area is 207 Å². The molecule has 0 spiro atoms. The lowest BCUT2D eigenvalue weighted by atomic mass is 10.1. The number of hydrogen-bond acceptors (Lipinski definition) is 8. The van der Waals surface area contributed by atoms with Crippen molar-refractivity contribution >= 4 is 27.9 Å². The number of oxazole rings is 2. The van der Waals surface area contributed by atoms with Crippen LogP contribution in [-0.2, 0) is 12.7 Å². The van der Waals surface area contributed by atoms with Crippen LogP contribution in [-0.4, -0.2) is 28.0 Å². The van der Waals surface area contributed by atoms with Crippen molar-refractivity contribution in [2.45, 2.75) is 25.7 Å². The number of carbonyl (C=O) groups excluding carboxylic acids is 1. The van der Waals surface area contributed by atoms with Gasteiger partial charge < -0.3 is 24.6 Å². The summed E-state index contributed by atoms with van der Waals surface area (Å²) in [5, 5.41) is 2.98. The summed E-state index contributed by atoms with van der Waals surface area (Å²) < 4.78 is 56.4. The molecule has 3 N–H and O–H groups in total. The molecule has 0 unspecified atom stereocenters. The highest BCUT2D eigenvalue weighted by atomic mass is 19.4. The maximum absolute atomic E-state index is 13.3. The second kappa shape index (κ2) is 9.21. The Kier molecular flexibility index (Phi) is 6.04. The van der Waals surface area contributed by atoms with Crippen LogP contribution >= 0.6 is 0 Å². The van der Waals surface area contributed by atoms with Gasteiger partial charge in [-0.15, -0.1) is 0 Å². The number of nitrogens with two attached hydrogens (primary N) is 1. The third kappa shape index (κ3) is 4.58. The quantitative estimate of drug-likeness (QED) is 0.326. The normalized spacial score (nSPS) is 12.7. The van der Waals surface area contributed by atoms with Gasteiger partial charge in [0.25, 0.3) is 5.91 Å². The topological polar surface area (TPSA) is 129 Å². The van der Waals surface area contributed by atoms with Crippen LogP contribution in [0.4, 0.5) is 13.2 Å². The van der Waals surface area contributed by atoms with E-state index in [0.29, 0.717) is 27.9 Å². The zero-order chi connectivity index (χ0) is 26.3. The van der Waals surface area contributed by atoms with Crippen molar-refractivity contribution in [3.63, 3.8) is 0 Å². The summed E-state index contributed by atoms with van der Waals surface area (Å²) >= 11 is 0. The van der Waals surface area contributed by atoms with Crippen molar-refractivity contribution < 1.29 is 31.5 Å². The maximum atomic E-state index is 13.3. The average Bonchev–Trinajstić information content (AvgIpc) is 3.50. The van der Waals surface area contributed by atoms with Gasteiger partial charge in [-0.05, 0) is 43.3 Å². The summed E-state index contributed by atoms with van der Waals surface area (Å²) in [7, 11) is 1.33. The molecule has 0 radical (unpaired) electrons. The number of fused-ring (bicyclic) bond motifs is 2. The number of nitrogens with zero attached hydrogens (tertiary/aromatic N) is 3. The molecule has 9 nitrogen and oxygen atoms in total. The second-order valence-electron chi connectivity index (χ2n) is 8.18. The van der Waals surface area contributed by atoms with Crippen LogP contribution in [0.5, 0.6) is 5.75 Å². The summed E-state index contributed by atoms with van der Waals surface area (Å²) in [4.78, 5) is 25.4. The molecule has 2 aromatic carbocycles. The van der Waals surface area contributed by atoms with E-state index in [0.717, 1.165) is 6.07 Å². The van der Waals surface area contributed by atoms with Crippen molar-refractivity contribution in [3.05, 3.63) is 71.6 Å². The number of para-hydroxylation sites is 2.